The van der Waals surface area contributed by atoms with E-state index in [1.165, 1.54) is 5.56 Å². The number of anilines is 1. The average molecular weight is 306 g/mol. The third-order valence-electron chi connectivity index (χ3n) is 4.12. The molecule has 1 aliphatic rings. The van der Waals surface area contributed by atoms with Gasteiger partial charge >= 0.3 is 0 Å². The Hall–Kier alpha value is -2.55. The second-order valence-corrected chi connectivity index (χ2v) is 6.30. The molecular weight excluding hydrogens is 284 g/mol. The second-order valence-electron chi connectivity index (χ2n) is 6.30. The van der Waals surface area contributed by atoms with Gasteiger partial charge in [-0.2, -0.15) is 0 Å². The van der Waals surface area contributed by atoms with E-state index in [9.17, 15) is 4.79 Å². The molecule has 0 bridgehead atoms. The van der Waals surface area contributed by atoms with Gasteiger partial charge in [0, 0.05) is 30.0 Å². The van der Waals surface area contributed by atoms with Gasteiger partial charge in [0.25, 0.3) is 5.91 Å². The molecule has 0 saturated carbocycles. The maximum absolute atomic E-state index is 12.3. The van der Waals surface area contributed by atoms with Crippen LogP contribution >= 0.6 is 0 Å². The Balaban J connectivity index is 1.93. The summed E-state index contributed by atoms with van der Waals surface area (Å²) >= 11 is 0. The van der Waals surface area contributed by atoms with Gasteiger partial charge in [-0.05, 0) is 38.0 Å². The quantitative estimate of drug-likeness (QED) is 0.859. The number of amides is 1. The summed E-state index contributed by atoms with van der Waals surface area (Å²) in [5.41, 5.74) is 5.02. The first-order valence-electron chi connectivity index (χ1n) is 7.98. The van der Waals surface area contributed by atoms with Crippen molar-refractivity contribution < 1.29 is 4.79 Å². The molecule has 118 valence electrons. The lowest BCUT2D eigenvalue weighted by Crippen LogP contribution is -2.26. The number of carbonyl (C=O) groups excluding carboxylic acids is 1. The fourth-order valence-electron chi connectivity index (χ4n) is 2.77. The number of carbonyl (C=O) groups is 1. The number of fused-ring (bicyclic) bond motifs is 1. The van der Waals surface area contributed by atoms with Gasteiger partial charge in [-0.15, -0.1) is 0 Å². The number of hydrogen-bond acceptors (Lipinski definition) is 2. The molecule has 1 aliphatic heterocycles. The van der Waals surface area contributed by atoms with E-state index in [4.69, 9.17) is 0 Å². The minimum absolute atomic E-state index is 0.0238. The lowest BCUT2D eigenvalue weighted by atomic mass is 10.1. The minimum Gasteiger partial charge on any atom is -0.370 e. The molecule has 2 aromatic rings. The highest BCUT2D eigenvalue weighted by Crippen LogP contribution is 2.33. The largest absolute Gasteiger partial charge is 0.370 e. The van der Waals surface area contributed by atoms with Crippen LogP contribution in [0, 0.1) is 6.92 Å². The maximum Gasteiger partial charge on any atom is 0.257 e. The summed E-state index contributed by atoms with van der Waals surface area (Å²) in [6.07, 6.45) is 1.99. The van der Waals surface area contributed by atoms with Crippen LogP contribution in [-0.4, -0.2) is 16.8 Å². The van der Waals surface area contributed by atoms with Crippen molar-refractivity contribution in [2.45, 2.75) is 33.4 Å². The molecule has 1 amide bonds. The molecule has 1 N–H and O–H groups in total. The normalized spacial score (nSPS) is 15.0. The highest BCUT2D eigenvalue weighted by Gasteiger charge is 2.25. The van der Waals surface area contributed by atoms with Gasteiger partial charge in [0.15, 0.2) is 0 Å². The average Bonchev–Trinajstić information content (AvgIpc) is 2.82. The summed E-state index contributed by atoms with van der Waals surface area (Å²) < 4.78 is 0. The summed E-state index contributed by atoms with van der Waals surface area (Å²) in [6, 6.07) is 16.7. The van der Waals surface area contributed by atoms with Crippen LogP contribution in [0.3, 0.4) is 0 Å². The Morgan fingerprint density at radius 1 is 1.13 bits per heavy atom. The van der Waals surface area contributed by atoms with Crippen molar-refractivity contribution in [2.75, 3.05) is 5.32 Å². The zero-order valence-corrected chi connectivity index (χ0v) is 13.8. The number of hydrogen-bond donors (Lipinski definition) is 1. The van der Waals surface area contributed by atoms with Crippen molar-refractivity contribution in [3.63, 3.8) is 0 Å². The summed E-state index contributed by atoms with van der Waals surface area (Å²) in [5, 5.41) is 2.96. The zero-order valence-electron chi connectivity index (χ0n) is 13.8. The summed E-state index contributed by atoms with van der Waals surface area (Å²) in [6.45, 7) is 7.10. The van der Waals surface area contributed by atoms with Crippen molar-refractivity contribution in [3.05, 3.63) is 71.4 Å². The molecule has 0 fully saturated rings. The molecule has 1 heterocycles. The molecule has 0 unspecified atom stereocenters. The Morgan fingerprint density at radius 2 is 1.87 bits per heavy atom. The SMILES string of the molecule is Cc1ccc2c(c1)NC(=O)/C2=C/N(Cc1ccccc1)C(C)C. The fourth-order valence-corrected chi connectivity index (χ4v) is 2.77. The molecule has 0 radical (unpaired) electrons. The van der Waals surface area contributed by atoms with E-state index < -0.39 is 0 Å². The number of aryl methyl sites for hydroxylation is 1. The molecule has 0 atom stereocenters. The van der Waals surface area contributed by atoms with Crippen molar-refractivity contribution in [2.24, 2.45) is 0 Å². The second kappa shape index (κ2) is 6.29. The van der Waals surface area contributed by atoms with Gasteiger partial charge < -0.3 is 10.2 Å². The molecule has 0 spiro atoms. The van der Waals surface area contributed by atoms with Crippen molar-refractivity contribution in [1.29, 1.82) is 0 Å². The van der Waals surface area contributed by atoms with Crippen LogP contribution in [0.25, 0.3) is 5.57 Å². The summed E-state index contributed by atoms with van der Waals surface area (Å²) in [5.74, 6) is -0.0238. The molecule has 3 nitrogen and oxygen atoms in total. The minimum atomic E-state index is -0.0238. The van der Waals surface area contributed by atoms with Crippen molar-refractivity contribution in [3.8, 4) is 0 Å². The molecular formula is C20H22N2O. The van der Waals surface area contributed by atoms with E-state index in [1.54, 1.807) is 0 Å². The van der Waals surface area contributed by atoms with Gasteiger partial charge in [-0.25, -0.2) is 0 Å². The fraction of sp³-hybridized carbons (Fsp3) is 0.250. The Bertz CT molecular complexity index is 747. The first-order valence-corrected chi connectivity index (χ1v) is 7.98. The van der Waals surface area contributed by atoms with Crippen molar-refractivity contribution >= 4 is 17.2 Å². The number of nitrogens with one attached hydrogen (secondary N) is 1. The standard InChI is InChI=1S/C20H22N2O/c1-14(2)22(12-16-7-5-4-6-8-16)13-18-17-10-9-15(3)11-19(17)21-20(18)23/h4-11,13-14H,12H2,1-3H3,(H,21,23)/b18-13+. The number of nitrogens with zero attached hydrogens (tertiary/aromatic N) is 1. The highest BCUT2D eigenvalue weighted by atomic mass is 16.2. The van der Waals surface area contributed by atoms with E-state index in [1.807, 2.05) is 49.5 Å². The maximum atomic E-state index is 12.3. The highest BCUT2D eigenvalue weighted by molar-refractivity contribution is 6.31. The predicted molar refractivity (Wildman–Crippen MR) is 94.9 cm³/mol. The van der Waals surface area contributed by atoms with E-state index in [0.717, 1.165) is 28.9 Å². The Labute approximate surface area is 137 Å². The molecule has 0 aliphatic carbocycles. The van der Waals surface area contributed by atoms with Crippen LogP contribution in [-0.2, 0) is 11.3 Å². The first kappa shape index (κ1) is 15.3. The molecule has 3 heteroatoms. The molecule has 0 aromatic heterocycles. The third kappa shape index (κ3) is 3.29. The zero-order chi connectivity index (χ0) is 16.4. The van der Waals surface area contributed by atoms with Crippen LogP contribution in [0.4, 0.5) is 5.69 Å². The van der Waals surface area contributed by atoms with Crippen LogP contribution in [0.5, 0.6) is 0 Å². The third-order valence-corrected chi connectivity index (χ3v) is 4.12. The molecule has 0 saturated heterocycles. The van der Waals surface area contributed by atoms with Gasteiger partial charge in [0.05, 0.1) is 5.57 Å². The summed E-state index contributed by atoms with van der Waals surface area (Å²) in [7, 11) is 0. The van der Waals surface area contributed by atoms with Crippen LogP contribution in [0.2, 0.25) is 0 Å². The van der Waals surface area contributed by atoms with Crippen LogP contribution < -0.4 is 5.32 Å². The van der Waals surface area contributed by atoms with Gasteiger partial charge in [-0.1, -0.05) is 42.5 Å². The smallest absolute Gasteiger partial charge is 0.257 e. The Kier molecular flexibility index (Phi) is 4.20. The lowest BCUT2D eigenvalue weighted by molar-refractivity contribution is -0.110. The summed E-state index contributed by atoms with van der Waals surface area (Å²) in [4.78, 5) is 14.6. The first-order chi connectivity index (χ1) is 11.0. The van der Waals surface area contributed by atoms with E-state index in [0.29, 0.717) is 6.04 Å². The topological polar surface area (TPSA) is 32.3 Å². The molecule has 2 aromatic carbocycles. The number of rotatable bonds is 4. The van der Waals surface area contributed by atoms with Gasteiger partial charge in [0.2, 0.25) is 0 Å². The van der Waals surface area contributed by atoms with Crippen LogP contribution in [0.1, 0.15) is 30.5 Å². The van der Waals surface area contributed by atoms with E-state index >= 15 is 0 Å². The lowest BCUT2D eigenvalue weighted by Gasteiger charge is -2.25. The van der Waals surface area contributed by atoms with E-state index in [-0.39, 0.29) is 5.91 Å². The monoisotopic (exact) mass is 306 g/mol. The molecule has 3 rings (SSSR count). The predicted octanol–water partition coefficient (Wildman–Crippen LogP) is 4.20. The van der Waals surface area contributed by atoms with E-state index in [2.05, 4.69) is 36.2 Å². The van der Waals surface area contributed by atoms with Crippen molar-refractivity contribution in [1.82, 2.24) is 4.90 Å². The van der Waals surface area contributed by atoms with Gasteiger partial charge in [-0.3, -0.25) is 4.79 Å². The Morgan fingerprint density at radius 3 is 2.57 bits per heavy atom. The molecule has 23 heavy (non-hydrogen) atoms. The number of benzene rings is 2. The van der Waals surface area contributed by atoms with Crippen LogP contribution in [0.15, 0.2) is 54.7 Å². The van der Waals surface area contributed by atoms with Gasteiger partial charge in [0.1, 0.15) is 0 Å².